The van der Waals surface area contributed by atoms with Gasteiger partial charge in [-0.25, -0.2) is 0 Å². The standard InChI is InChI=1S/C18H18N4O3S.C16H17N5O3S/c1-13-7-8-15(19-11-13)12-20-18(23)16-9-10-22(21-16)26(24,25)17-6-4-3-5-14(17)2;1-12-5-3-4-6-15(12)25(23,24)21-8-7-14(19-21)16(22)17-9-13-10-18-20(2)11-13/h3-11H,12H2,1-2H3,(H,20,23);3-8,10-11H,9H2,1-2H3,(H,17,22). The highest BCUT2D eigenvalue weighted by Gasteiger charge is 2.23. The fraction of sp³-hybridized carbons (Fsp3) is 0.176. The van der Waals surface area contributed by atoms with E-state index in [9.17, 15) is 26.4 Å². The van der Waals surface area contributed by atoms with Gasteiger partial charge in [-0.2, -0.15) is 40.3 Å². The lowest BCUT2D eigenvalue weighted by Crippen LogP contribution is -2.24. The summed E-state index contributed by atoms with van der Waals surface area (Å²) in [5.74, 6) is -0.923. The highest BCUT2D eigenvalue weighted by molar-refractivity contribution is 7.90. The average Bonchev–Trinajstić information content (AvgIpc) is 3.90. The summed E-state index contributed by atoms with van der Waals surface area (Å²) in [5.41, 5.74) is 3.84. The van der Waals surface area contributed by atoms with Gasteiger partial charge < -0.3 is 10.6 Å². The van der Waals surface area contributed by atoms with Crippen LogP contribution >= 0.6 is 0 Å². The summed E-state index contributed by atoms with van der Waals surface area (Å²) >= 11 is 0. The molecule has 15 nitrogen and oxygen atoms in total. The van der Waals surface area contributed by atoms with Crippen LogP contribution in [0.15, 0.2) is 114 Å². The molecule has 4 aromatic heterocycles. The number of carbonyl (C=O) groups excluding carboxylic acids is 2. The summed E-state index contributed by atoms with van der Waals surface area (Å²) in [6, 6.07) is 19.7. The average molecular weight is 730 g/mol. The predicted molar refractivity (Wildman–Crippen MR) is 187 cm³/mol. The Balaban J connectivity index is 0.000000198. The second-order valence-electron chi connectivity index (χ2n) is 11.4. The minimum absolute atomic E-state index is 0.0225. The van der Waals surface area contributed by atoms with E-state index in [1.807, 2.05) is 19.1 Å². The zero-order valence-corrected chi connectivity index (χ0v) is 29.8. The van der Waals surface area contributed by atoms with Crippen LogP contribution in [0.25, 0.3) is 0 Å². The van der Waals surface area contributed by atoms with E-state index in [1.165, 1.54) is 36.7 Å². The van der Waals surface area contributed by atoms with Gasteiger partial charge in [0, 0.05) is 43.9 Å². The molecule has 0 saturated carbocycles. The van der Waals surface area contributed by atoms with Crippen LogP contribution in [0.4, 0.5) is 0 Å². The molecule has 51 heavy (non-hydrogen) atoms. The summed E-state index contributed by atoms with van der Waals surface area (Å²) < 4.78 is 53.8. The number of nitrogens with zero attached hydrogens (tertiary/aromatic N) is 7. The molecule has 0 spiro atoms. The van der Waals surface area contributed by atoms with Crippen molar-refractivity contribution in [1.29, 1.82) is 0 Å². The van der Waals surface area contributed by atoms with Gasteiger partial charge in [-0.05, 0) is 67.8 Å². The van der Waals surface area contributed by atoms with Gasteiger partial charge >= 0.3 is 0 Å². The van der Waals surface area contributed by atoms with Crippen molar-refractivity contribution in [3.63, 3.8) is 0 Å². The van der Waals surface area contributed by atoms with Crippen molar-refractivity contribution >= 4 is 31.9 Å². The lowest BCUT2D eigenvalue weighted by Gasteiger charge is -2.07. The van der Waals surface area contributed by atoms with Crippen LogP contribution in [-0.2, 0) is 40.2 Å². The second kappa shape index (κ2) is 15.3. The van der Waals surface area contributed by atoms with Crippen LogP contribution in [0.3, 0.4) is 0 Å². The lowest BCUT2D eigenvalue weighted by molar-refractivity contribution is 0.0937. The van der Waals surface area contributed by atoms with Crippen LogP contribution < -0.4 is 10.6 Å². The van der Waals surface area contributed by atoms with Crippen molar-refractivity contribution in [2.45, 2.75) is 43.7 Å². The van der Waals surface area contributed by atoms with Crippen molar-refractivity contribution in [2.75, 3.05) is 0 Å². The number of aromatic nitrogens is 7. The number of pyridine rings is 1. The third-order valence-electron chi connectivity index (χ3n) is 7.45. The number of hydrogen-bond acceptors (Lipinski definition) is 10. The normalized spacial score (nSPS) is 11.4. The molecular weight excluding hydrogens is 695 g/mol. The van der Waals surface area contributed by atoms with E-state index >= 15 is 0 Å². The first-order valence-electron chi connectivity index (χ1n) is 15.4. The molecule has 264 valence electrons. The van der Waals surface area contributed by atoms with Gasteiger partial charge in [0.05, 0.1) is 28.2 Å². The fourth-order valence-corrected chi connectivity index (χ4v) is 7.41. The molecule has 0 aliphatic carbocycles. The molecule has 0 atom stereocenters. The number of hydrogen-bond donors (Lipinski definition) is 2. The van der Waals surface area contributed by atoms with E-state index < -0.39 is 31.9 Å². The van der Waals surface area contributed by atoms with Crippen molar-refractivity contribution in [3.05, 3.63) is 143 Å². The number of nitrogens with one attached hydrogen (secondary N) is 2. The molecular formula is C34H35N9O6S2. The maximum atomic E-state index is 12.7. The van der Waals surface area contributed by atoms with Crippen molar-refractivity contribution in [1.82, 2.24) is 43.8 Å². The maximum absolute atomic E-state index is 12.7. The van der Waals surface area contributed by atoms with E-state index in [1.54, 1.807) is 80.6 Å². The Bertz CT molecular complexity index is 2400. The minimum atomic E-state index is -3.84. The van der Waals surface area contributed by atoms with E-state index in [2.05, 4.69) is 30.9 Å². The van der Waals surface area contributed by atoms with Gasteiger partial charge in [-0.3, -0.25) is 19.3 Å². The topological polar surface area (TPSA) is 193 Å². The molecule has 0 aliphatic heterocycles. The van der Waals surface area contributed by atoms with E-state index in [-0.39, 0.29) is 34.3 Å². The van der Waals surface area contributed by atoms with Crippen LogP contribution in [0.2, 0.25) is 0 Å². The molecule has 6 rings (SSSR count). The summed E-state index contributed by atoms with van der Waals surface area (Å²) in [5, 5.41) is 17.2. The first-order valence-corrected chi connectivity index (χ1v) is 18.3. The van der Waals surface area contributed by atoms with Gasteiger partial charge in [0.1, 0.15) is 0 Å². The summed E-state index contributed by atoms with van der Waals surface area (Å²) in [7, 11) is -5.89. The highest BCUT2D eigenvalue weighted by Crippen LogP contribution is 2.19. The Labute approximate surface area is 295 Å². The second-order valence-corrected chi connectivity index (χ2v) is 14.9. The van der Waals surface area contributed by atoms with Crippen LogP contribution in [-0.4, -0.2) is 61.8 Å². The lowest BCUT2D eigenvalue weighted by atomic mass is 10.2. The molecule has 6 aromatic rings. The molecule has 0 bridgehead atoms. The molecule has 0 fully saturated rings. The van der Waals surface area contributed by atoms with Crippen LogP contribution in [0.1, 0.15) is 48.9 Å². The quantitative estimate of drug-likeness (QED) is 0.212. The molecule has 0 radical (unpaired) electrons. The van der Waals surface area contributed by atoms with Crippen LogP contribution in [0.5, 0.6) is 0 Å². The smallest absolute Gasteiger partial charge is 0.283 e. The third kappa shape index (κ3) is 8.63. The molecule has 0 saturated heterocycles. The fourth-order valence-electron chi connectivity index (χ4n) is 4.72. The Morgan fingerprint density at radius 2 is 1.18 bits per heavy atom. The Morgan fingerprint density at radius 1 is 0.667 bits per heavy atom. The zero-order chi connectivity index (χ0) is 36.8. The number of aryl methyl sites for hydroxylation is 4. The molecule has 4 heterocycles. The van der Waals surface area contributed by atoms with Gasteiger partial charge in [0.25, 0.3) is 31.9 Å². The number of rotatable bonds is 10. The zero-order valence-electron chi connectivity index (χ0n) is 28.1. The molecule has 0 aliphatic rings. The molecule has 2 amide bonds. The number of benzene rings is 2. The first kappa shape index (κ1) is 36.3. The van der Waals surface area contributed by atoms with E-state index in [0.29, 0.717) is 16.8 Å². The van der Waals surface area contributed by atoms with Gasteiger partial charge in [0.15, 0.2) is 11.4 Å². The van der Waals surface area contributed by atoms with Gasteiger partial charge in [-0.1, -0.05) is 42.5 Å². The Hall–Kier alpha value is -5.94. The largest absolute Gasteiger partial charge is 0.346 e. The predicted octanol–water partition coefficient (Wildman–Crippen LogP) is 3.15. The SMILES string of the molecule is Cc1ccc(CNC(=O)c2ccn(S(=O)(=O)c3ccccc3C)n2)nc1.Cc1ccccc1S(=O)(=O)n1ccc(C(=O)NCc2cnn(C)c2)n1. The summed E-state index contributed by atoms with van der Waals surface area (Å²) in [6.07, 6.45) is 7.66. The Morgan fingerprint density at radius 3 is 1.63 bits per heavy atom. The van der Waals surface area contributed by atoms with Crippen molar-refractivity contribution < 1.29 is 26.4 Å². The van der Waals surface area contributed by atoms with Crippen molar-refractivity contribution in [2.24, 2.45) is 7.05 Å². The molecule has 0 unspecified atom stereocenters. The third-order valence-corrected chi connectivity index (χ3v) is 10.9. The monoisotopic (exact) mass is 729 g/mol. The summed E-state index contributed by atoms with van der Waals surface area (Å²) in [4.78, 5) is 28.9. The molecule has 17 heteroatoms. The number of amides is 2. The van der Waals surface area contributed by atoms with Gasteiger partial charge in [0.2, 0.25) is 0 Å². The van der Waals surface area contributed by atoms with E-state index in [4.69, 9.17) is 0 Å². The first-order chi connectivity index (χ1) is 24.3. The van der Waals surface area contributed by atoms with Gasteiger partial charge in [-0.15, -0.1) is 0 Å². The van der Waals surface area contributed by atoms with E-state index in [0.717, 1.165) is 19.3 Å². The van der Waals surface area contributed by atoms with Crippen molar-refractivity contribution in [3.8, 4) is 0 Å². The maximum Gasteiger partial charge on any atom is 0.283 e. The number of carbonyl (C=O) groups is 2. The Kier molecular flexibility index (Phi) is 10.9. The summed E-state index contributed by atoms with van der Waals surface area (Å²) in [6.45, 7) is 5.86. The highest BCUT2D eigenvalue weighted by atomic mass is 32.2. The molecule has 2 aromatic carbocycles. The van der Waals surface area contributed by atoms with Crippen LogP contribution in [0, 0.1) is 20.8 Å². The molecule has 2 N–H and O–H groups in total. The minimum Gasteiger partial charge on any atom is -0.346 e.